The summed E-state index contributed by atoms with van der Waals surface area (Å²) in [5.74, 6) is 2.23. The Hall–Kier alpha value is -6.67. The number of nitrogens with zero attached hydrogens (tertiary/aromatic N) is 4. The van der Waals surface area contributed by atoms with Gasteiger partial charge < -0.3 is 24.2 Å². The molecule has 8 heteroatoms. The molecular formula is C49H49N4O4+. The lowest BCUT2D eigenvalue weighted by atomic mass is 9.94. The summed E-state index contributed by atoms with van der Waals surface area (Å²) in [6, 6.07) is 24.4. The van der Waals surface area contributed by atoms with Crippen molar-refractivity contribution >= 4 is 51.7 Å². The van der Waals surface area contributed by atoms with E-state index in [1.165, 1.54) is 0 Å². The minimum Gasteiger partial charge on any atom is -0.457 e. The summed E-state index contributed by atoms with van der Waals surface area (Å²) in [4.78, 5) is 34.2. The highest BCUT2D eigenvalue weighted by Crippen LogP contribution is 2.35. The molecule has 0 aromatic heterocycles. The zero-order valence-electron chi connectivity index (χ0n) is 34.1. The Morgan fingerprint density at radius 1 is 0.596 bits per heavy atom. The summed E-state index contributed by atoms with van der Waals surface area (Å²) in [6.45, 7) is 1.84. The van der Waals surface area contributed by atoms with Gasteiger partial charge in [0.05, 0.1) is 10.4 Å². The van der Waals surface area contributed by atoms with E-state index in [4.69, 9.17) is 9.47 Å². The predicted molar refractivity (Wildman–Crippen MR) is 237 cm³/mol. The monoisotopic (exact) mass is 757 g/mol. The highest BCUT2D eigenvalue weighted by atomic mass is 16.5. The Bertz CT molecular complexity index is 2570. The molecule has 8 nitrogen and oxygen atoms in total. The van der Waals surface area contributed by atoms with Crippen molar-refractivity contribution in [2.75, 3.05) is 71.1 Å². The van der Waals surface area contributed by atoms with Gasteiger partial charge in [0.1, 0.15) is 37.1 Å². The predicted octanol–water partition coefficient (Wildman–Crippen LogP) is 6.25. The fourth-order valence-corrected chi connectivity index (χ4v) is 6.93. The van der Waals surface area contributed by atoms with E-state index in [1.54, 1.807) is 6.08 Å². The van der Waals surface area contributed by atoms with Gasteiger partial charge in [-0.25, -0.2) is 4.58 Å². The molecule has 4 aromatic rings. The topological polar surface area (TPSA) is 65.3 Å². The van der Waals surface area contributed by atoms with Gasteiger partial charge in [0.25, 0.3) is 0 Å². The molecule has 4 aromatic carbocycles. The normalized spacial score (nSPS) is 15.3. The Balaban J connectivity index is 1.31. The van der Waals surface area contributed by atoms with Gasteiger partial charge in [0.2, 0.25) is 10.9 Å². The van der Waals surface area contributed by atoms with Crippen LogP contribution in [0.1, 0.15) is 23.6 Å². The maximum absolute atomic E-state index is 14.0. The third kappa shape index (κ3) is 8.03. The standard InChI is InChI=1S/C49H49N4O4/c1-31(37-29-45(35-14-22-40(23-15-35)52(6)7)57-46(30-37)36-16-24-41(25-17-36)53(8)9)47-48(54)42(49(47)55)26-32-27-43(33-10-18-38(19-11-33)50(2)3)56-44(28-32)34-12-20-39(21-13-34)51(4)5/h10-30,32H,1-9H3/q+1. The van der Waals surface area contributed by atoms with Gasteiger partial charge >= 0.3 is 0 Å². The minimum atomic E-state index is -0.362. The number of allylic oxidation sites excluding steroid dienone is 10. The second-order valence-corrected chi connectivity index (χ2v) is 15.3. The molecule has 3 aliphatic rings. The molecule has 0 radical (unpaired) electrons. The van der Waals surface area contributed by atoms with E-state index in [1.807, 2.05) is 204 Å². The Morgan fingerprint density at radius 2 is 1.04 bits per heavy atom. The van der Waals surface area contributed by atoms with E-state index in [-0.39, 0.29) is 27.2 Å². The molecule has 2 aliphatic heterocycles. The van der Waals surface area contributed by atoms with Crippen molar-refractivity contribution in [1.82, 2.24) is 0 Å². The molecule has 288 valence electrons. The zero-order valence-corrected chi connectivity index (χ0v) is 34.1. The fraction of sp³-hybridized carbons (Fsp3) is 0.204. The third-order valence-electron chi connectivity index (χ3n) is 10.5. The first-order valence-corrected chi connectivity index (χ1v) is 19.0. The average Bonchev–Trinajstić information content (AvgIpc) is 3.22. The van der Waals surface area contributed by atoms with Gasteiger partial charge in [-0.2, -0.15) is 0 Å². The van der Waals surface area contributed by atoms with Crippen LogP contribution in [0.5, 0.6) is 0 Å². The highest BCUT2D eigenvalue weighted by Gasteiger charge is 2.23. The van der Waals surface area contributed by atoms with Crippen LogP contribution in [0.3, 0.4) is 0 Å². The molecule has 2 heterocycles. The van der Waals surface area contributed by atoms with Crippen molar-refractivity contribution < 1.29 is 14.0 Å². The lowest BCUT2D eigenvalue weighted by Gasteiger charge is -2.22. The van der Waals surface area contributed by atoms with Gasteiger partial charge in [-0.15, -0.1) is 0 Å². The first kappa shape index (κ1) is 38.6. The maximum atomic E-state index is 14.0. The first-order valence-electron chi connectivity index (χ1n) is 19.0. The maximum Gasteiger partial charge on any atom is 0.200 e. The molecule has 0 N–H and O–H groups in total. The van der Waals surface area contributed by atoms with Crippen LogP contribution in [0.25, 0.3) is 28.9 Å². The van der Waals surface area contributed by atoms with E-state index in [2.05, 4.69) is 0 Å². The van der Waals surface area contributed by atoms with Gasteiger partial charge in [0, 0.05) is 99.7 Å². The van der Waals surface area contributed by atoms with Crippen molar-refractivity contribution in [1.29, 1.82) is 0 Å². The molecule has 1 aliphatic carbocycles. The summed E-state index contributed by atoms with van der Waals surface area (Å²) >= 11 is 0. The van der Waals surface area contributed by atoms with E-state index in [0.29, 0.717) is 28.6 Å². The van der Waals surface area contributed by atoms with Crippen LogP contribution in [0, 0.1) is 5.92 Å². The molecule has 0 atom stereocenters. The number of anilines is 3. The van der Waals surface area contributed by atoms with Crippen LogP contribution in [0.4, 0.5) is 17.1 Å². The van der Waals surface area contributed by atoms with E-state index < -0.39 is 0 Å². The van der Waals surface area contributed by atoms with E-state index >= 15 is 0 Å². The molecule has 7 rings (SSSR count). The molecule has 57 heavy (non-hydrogen) atoms. The van der Waals surface area contributed by atoms with Crippen molar-refractivity contribution in [3.8, 4) is 0 Å². The van der Waals surface area contributed by atoms with Crippen molar-refractivity contribution in [3.05, 3.63) is 186 Å². The lowest BCUT2D eigenvalue weighted by molar-refractivity contribution is -0.462. The Morgan fingerprint density at radius 3 is 1.46 bits per heavy atom. The van der Waals surface area contributed by atoms with Gasteiger partial charge in [0.15, 0.2) is 5.71 Å². The minimum absolute atomic E-state index is 0.174. The summed E-state index contributed by atoms with van der Waals surface area (Å²) in [7, 11) is 16.0. The van der Waals surface area contributed by atoms with Crippen LogP contribution >= 0.6 is 0 Å². The van der Waals surface area contributed by atoms with Gasteiger partial charge in [-0.3, -0.25) is 9.59 Å². The van der Waals surface area contributed by atoms with E-state index in [0.717, 1.165) is 50.6 Å². The number of rotatable bonds is 8. The molecule has 0 spiro atoms. The number of benzene rings is 3. The SMILES string of the molecule is CC(C1=CC(=C2C=CC(=[N+](C)C)C=C2)OC(c2ccc(N(C)C)cc2)=C1)=c1c(=O)c(=CC2C=C(c3ccc(N(C)C)cc3)OC(c3ccc(N(C)C)cc3)=C2)c1=O. The lowest BCUT2D eigenvalue weighted by Crippen LogP contribution is -2.65. The summed E-state index contributed by atoms with van der Waals surface area (Å²) in [5.41, 5.74) is 8.65. The Kier molecular flexibility index (Phi) is 10.7. The molecule has 0 saturated carbocycles. The summed E-state index contributed by atoms with van der Waals surface area (Å²) < 4.78 is 15.1. The largest absolute Gasteiger partial charge is 0.457 e. The van der Waals surface area contributed by atoms with Gasteiger partial charge in [-0.05, 0) is 127 Å². The van der Waals surface area contributed by atoms with Gasteiger partial charge in [-0.1, -0.05) is 6.08 Å². The van der Waals surface area contributed by atoms with Crippen molar-refractivity contribution in [2.24, 2.45) is 5.92 Å². The fourth-order valence-electron chi connectivity index (χ4n) is 6.93. The van der Waals surface area contributed by atoms with Crippen LogP contribution < -0.4 is 36.0 Å². The molecule has 0 bridgehead atoms. The number of ether oxygens (including phenoxy) is 2. The molecule has 0 unspecified atom stereocenters. The molecule has 0 fully saturated rings. The number of hydrogen-bond acceptors (Lipinski definition) is 7. The molecule has 0 saturated heterocycles. The zero-order chi connectivity index (χ0) is 40.5. The second-order valence-electron chi connectivity index (χ2n) is 15.3. The summed E-state index contributed by atoms with van der Waals surface area (Å²) in [5, 5.41) is 0.363. The van der Waals surface area contributed by atoms with E-state index in [9.17, 15) is 9.59 Å². The quantitative estimate of drug-likeness (QED) is 0.197. The highest BCUT2D eigenvalue weighted by molar-refractivity contribution is 6.02. The third-order valence-corrected chi connectivity index (χ3v) is 10.5. The van der Waals surface area contributed by atoms with Crippen molar-refractivity contribution in [2.45, 2.75) is 6.92 Å². The smallest absolute Gasteiger partial charge is 0.200 e. The van der Waals surface area contributed by atoms with Crippen molar-refractivity contribution in [3.63, 3.8) is 0 Å². The van der Waals surface area contributed by atoms with Crippen LogP contribution in [0.2, 0.25) is 0 Å². The first-order chi connectivity index (χ1) is 27.3. The summed E-state index contributed by atoms with van der Waals surface area (Å²) in [6.07, 6.45) is 17.6. The van der Waals surface area contributed by atoms with Crippen LogP contribution in [-0.4, -0.2) is 66.7 Å². The van der Waals surface area contributed by atoms with Crippen LogP contribution in [-0.2, 0) is 9.47 Å². The molecular weight excluding hydrogens is 709 g/mol. The molecule has 0 amide bonds. The second kappa shape index (κ2) is 15.8. The Labute approximate surface area is 334 Å². The average molecular weight is 758 g/mol. The number of hydrogen-bond donors (Lipinski definition) is 0. The van der Waals surface area contributed by atoms with Crippen LogP contribution in [0.15, 0.2) is 148 Å².